The number of carbonyl (C=O) groups excluding carboxylic acids is 1. The number of nitrogens with one attached hydrogen (secondary N) is 2. The molecule has 2 aliphatic rings. The monoisotopic (exact) mass is 380 g/mol. The third kappa shape index (κ3) is 3.99. The molecule has 0 saturated heterocycles. The zero-order valence-electron chi connectivity index (χ0n) is 16.6. The van der Waals surface area contributed by atoms with E-state index in [0.29, 0.717) is 18.7 Å². The van der Waals surface area contributed by atoms with Gasteiger partial charge in [-0.25, -0.2) is 0 Å². The van der Waals surface area contributed by atoms with E-state index in [2.05, 4.69) is 29.7 Å². The summed E-state index contributed by atoms with van der Waals surface area (Å²) < 4.78 is 11.7. The number of hydrogen-bond donors (Lipinski definition) is 2. The second kappa shape index (κ2) is 8.23. The molecule has 28 heavy (non-hydrogen) atoms. The summed E-state index contributed by atoms with van der Waals surface area (Å²) in [5, 5.41) is 6.45. The number of rotatable bonds is 5. The highest BCUT2D eigenvalue weighted by Crippen LogP contribution is 2.35. The van der Waals surface area contributed by atoms with E-state index < -0.39 is 0 Å². The summed E-state index contributed by atoms with van der Waals surface area (Å²) in [6.07, 6.45) is 3.06. The molecular formula is C23H28N2O3. The van der Waals surface area contributed by atoms with Crippen LogP contribution in [0.1, 0.15) is 46.5 Å². The highest BCUT2D eigenvalue weighted by Gasteiger charge is 2.22. The van der Waals surface area contributed by atoms with E-state index in [1.165, 1.54) is 16.7 Å². The van der Waals surface area contributed by atoms with Crippen LogP contribution in [0, 0.1) is 0 Å². The van der Waals surface area contributed by atoms with Crippen molar-refractivity contribution in [3.63, 3.8) is 0 Å². The number of hydrogen-bond acceptors (Lipinski definition) is 4. The van der Waals surface area contributed by atoms with Gasteiger partial charge in [-0.1, -0.05) is 6.07 Å². The van der Waals surface area contributed by atoms with Crippen LogP contribution in [-0.2, 0) is 25.8 Å². The number of ether oxygens (including phenoxy) is 2. The molecule has 1 amide bonds. The van der Waals surface area contributed by atoms with Crippen LogP contribution >= 0.6 is 0 Å². The van der Waals surface area contributed by atoms with E-state index in [1.54, 1.807) is 0 Å². The van der Waals surface area contributed by atoms with E-state index >= 15 is 0 Å². The maximum absolute atomic E-state index is 12.7. The van der Waals surface area contributed by atoms with Crippen molar-refractivity contribution < 1.29 is 14.3 Å². The van der Waals surface area contributed by atoms with Crippen LogP contribution in [0.25, 0.3) is 0 Å². The van der Waals surface area contributed by atoms with Gasteiger partial charge in [-0.05, 0) is 75.2 Å². The van der Waals surface area contributed by atoms with Crippen LogP contribution in [0.5, 0.6) is 11.5 Å². The van der Waals surface area contributed by atoms with Gasteiger partial charge in [-0.15, -0.1) is 0 Å². The zero-order chi connectivity index (χ0) is 19.5. The fraction of sp³-hybridized carbons (Fsp3) is 0.435. The predicted molar refractivity (Wildman–Crippen MR) is 109 cm³/mol. The van der Waals surface area contributed by atoms with Crippen LogP contribution < -0.4 is 20.1 Å². The first-order valence-electron chi connectivity index (χ1n) is 10.2. The molecule has 1 atom stereocenters. The van der Waals surface area contributed by atoms with Crippen molar-refractivity contribution in [3.05, 3.63) is 58.1 Å². The van der Waals surface area contributed by atoms with Gasteiger partial charge >= 0.3 is 0 Å². The number of carbonyl (C=O) groups is 1. The summed E-state index contributed by atoms with van der Waals surface area (Å²) in [7, 11) is 0. The molecule has 148 valence electrons. The molecule has 2 aromatic rings. The van der Waals surface area contributed by atoms with Gasteiger partial charge in [-0.3, -0.25) is 4.79 Å². The Balaban J connectivity index is 1.49. The first kappa shape index (κ1) is 18.8. The van der Waals surface area contributed by atoms with E-state index in [0.717, 1.165) is 49.4 Å². The van der Waals surface area contributed by atoms with Crippen LogP contribution in [0.4, 0.5) is 0 Å². The lowest BCUT2D eigenvalue weighted by Crippen LogP contribution is -2.23. The van der Waals surface area contributed by atoms with Gasteiger partial charge in [0.25, 0.3) is 5.91 Å². The number of fused-ring (bicyclic) bond motifs is 2. The van der Waals surface area contributed by atoms with Gasteiger partial charge in [-0.2, -0.15) is 0 Å². The molecule has 2 aliphatic heterocycles. The van der Waals surface area contributed by atoms with Gasteiger partial charge < -0.3 is 20.1 Å². The van der Waals surface area contributed by atoms with Crippen molar-refractivity contribution in [2.24, 2.45) is 0 Å². The molecule has 5 nitrogen and oxygen atoms in total. The molecule has 0 aliphatic carbocycles. The van der Waals surface area contributed by atoms with E-state index in [4.69, 9.17) is 9.47 Å². The predicted octanol–water partition coefficient (Wildman–Crippen LogP) is 3.03. The largest absolute Gasteiger partial charge is 0.494 e. The maximum atomic E-state index is 12.7. The van der Waals surface area contributed by atoms with E-state index in [9.17, 15) is 4.79 Å². The normalized spacial score (nSPS) is 17.9. The molecule has 5 heteroatoms. The maximum Gasteiger partial charge on any atom is 0.251 e. The van der Waals surface area contributed by atoms with Gasteiger partial charge in [0.1, 0.15) is 17.6 Å². The first-order chi connectivity index (χ1) is 13.6. The minimum atomic E-state index is -0.0581. The quantitative estimate of drug-likeness (QED) is 0.837. The SMILES string of the molecule is CCOc1cc2c(cc1CNC(=O)c1ccc3c(c1)CCNCC3)OC(C)C2. The fourth-order valence-corrected chi connectivity index (χ4v) is 4.00. The second-order valence-corrected chi connectivity index (χ2v) is 7.55. The van der Waals surface area contributed by atoms with Gasteiger partial charge in [0, 0.05) is 29.7 Å². The molecule has 0 aromatic heterocycles. The molecule has 1 unspecified atom stereocenters. The molecule has 0 radical (unpaired) electrons. The summed E-state index contributed by atoms with van der Waals surface area (Å²) in [5.41, 5.74) is 5.44. The summed E-state index contributed by atoms with van der Waals surface area (Å²) in [6.45, 7) is 7.00. The Labute approximate surface area is 166 Å². The fourth-order valence-electron chi connectivity index (χ4n) is 4.00. The molecule has 0 bridgehead atoms. The Bertz CT molecular complexity index is 878. The summed E-state index contributed by atoms with van der Waals surface area (Å²) in [6, 6.07) is 10.1. The third-order valence-electron chi connectivity index (χ3n) is 5.43. The molecular weight excluding hydrogens is 352 g/mol. The summed E-state index contributed by atoms with van der Waals surface area (Å²) >= 11 is 0. The minimum absolute atomic E-state index is 0.0581. The van der Waals surface area contributed by atoms with E-state index in [1.807, 2.05) is 25.1 Å². The zero-order valence-corrected chi connectivity index (χ0v) is 16.6. The Morgan fingerprint density at radius 1 is 1.18 bits per heavy atom. The standard InChI is InChI=1S/C23H28N2O3/c1-3-27-21-12-19-10-15(2)28-22(19)13-20(21)14-25-23(26)18-5-4-16-6-8-24-9-7-17(16)11-18/h4-5,11-13,15,24H,3,6-10,14H2,1-2H3,(H,25,26). The average Bonchev–Trinajstić information content (AvgIpc) is 2.89. The Hall–Kier alpha value is -2.53. The van der Waals surface area contributed by atoms with Crippen molar-refractivity contribution in [3.8, 4) is 11.5 Å². The molecule has 0 fully saturated rings. The highest BCUT2D eigenvalue weighted by atomic mass is 16.5. The third-order valence-corrected chi connectivity index (χ3v) is 5.43. The summed E-state index contributed by atoms with van der Waals surface area (Å²) in [4.78, 5) is 12.7. The second-order valence-electron chi connectivity index (χ2n) is 7.55. The molecule has 4 rings (SSSR count). The van der Waals surface area contributed by atoms with Crippen molar-refractivity contribution in [2.75, 3.05) is 19.7 Å². The average molecular weight is 380 g/mol. The van der Waals surface area contributed by atoms with Crippen molar-refractivity contribution in [2.45, 2.75) is 45.8 Å². The van der Waals surface area contributed by atoms with Gasteiger partial charge in [0.15, 0.2) is 0 Å². The van der Waals surface area contributed by atoms with Crippen molar-refractivity contribution in [1.82, 2.24) is 10.6 Å². The topological polar surface area (TPSA) is 59.6 Å². The van der Waals surface area contributed by atoms with Gasteiger partial charge in [0.05, 0.1) is 6.61 Å². The number of benzene rings is 2. The van der Waals surface area contributed by atoms with Crippen LogP contribution in [0.3, 0.4) is 0 Å². The van der Waals surface area contributed by atoms with Crippen molar-refractivity contribution in [1.29, 1.82) is 0 Å². The van der Waals surface area contributed by atoms with Gasteiger partial charge in [0.2, 0.25) is 0 Å². The van der Waals surface area contributed by atoms with Crippen LogP contribution in [0.15, 0.2) is 30.3 Å². The van der Waals surface area contributed by atoms with Crippen molar-refractivity contribution >= 4 is 5.91 Å². The lowest BCUT2D eigenvalue weighted by atomic mass is 9.99. The Morgan fingerprint density at radius 2 is 2.00 bits per heavy atom. The molecule has 2 N–H and O–H groups in total. The molecule has 0 spiro atoms. The molecule has 2 aromatic carbocycles. The molecule has 0 saturated carbocycles. The van der Waals surface area contributed by atoms with Crippen LogP contribution in [0.2, 0.25) is 0 Å². The molecule has 2 heterocycles. The first-order valence-corrected chi connectivity index (χ1v) is 10.2. The number of amides is 1. The van der Waals surface area contributed by atoms with E-state index in [-0.39, 0.29) is 12.0 Å². The Morgan fingerprint density at radius 3 is 2.82 bits per heavy atom. The minimum Gasteiger partial charge on any atom is -0.494 e. The Kier molecular flexibility index (Phi) is 5.53. The smallest absolute Gasteiger partial charge is 0.251 e. The van der Waals surface area contributed by atoms with Crippen LogP contribution in [-0.4, -0.2) is 31.7 Å². The lowest BCUT2D eigenvalue weighted by molar-refractivity contribution is 0.0950. The highest BCUT2D eigenvalue weighted by molar-refractivity contribution is 5.94. The summed E-state index contributed by atoms with van der Waals surface area (Å²) in [5.74, 6) is 1.67. The lowest BCUT2D eigenvalue weighted by Gasteiger charge is -2.14.